The second-order valence-corrected chi connectivity index (χ2v) is 7.92. The number of carbonyl (C=O) groups is 3. The molecule has 2 heterocycles. The first-order valence-corrected chi connectivity index (χ1v) is 10.7. The third-order valence-corrected chi connectivity index (χ3v) is 5.48. The summed E-state index contributed by atoms with van der Waals surface area (Å²) in [5.74, 6) is -0.945. The lowest BCUT2D eigenvalue weighted by Crippen LogP contribution is -2.48. The Kier molecular flexibility index (Phi) is 6.77. The normalized spacial score (nSPS) is 18.4. The molecular formula is C26H24N2O6. The molecule has 0 spiro atoms. The van der Waals surface area contributed by atoms with Crippen LogP contribution in [0.4, 0.5) is 0 Å². The van der Waals surface area contributed by atoms with Gasteiger partial charge in [0.2, 0.25) is 11.8 Å². The smallest absolute Gasteiger partial charge is 0.328 e. The Morgan fingerprint density at radius 1 is 0.971 bits per heavy atom. The van der Waals surface area contributed by atoms with Gasteiger partial charge in [0.25, 0.3) is 0 Å². The highest BCUT2D eigenvalue weighted by Crippen LogP contribution is 2.32. The van der Waals surface area contributed by atoms with Gasteiger partial charge in [-0.05, 0) is 41.0 Å². The number of esters is 1. The van der Waals surface area contributed by atoms with Gasteiger partial charge in [-0.25, -0.2) is 4.79 Å². The maximum absolute atomic E-state index is 13.3. The van der Waals surface area contributed by atoms with Gasteiger partial charge in [0.15, 0.2) is 11.5 Å². The molecule has 2 amide bonds. The van der Waals surface area contributed by atoms with Gasteiger partial charge >= 0.3 is 5.97 Å². The molecule has 0 aromatic heterocycles. The van der Waals surface area contributed by atoms with Crippen molar-refractivity contribution in [1.82, 2.24) is 10.6 Å². The minimum atomic E-state index is -1.02. The summed E-state index contributed by atoms with van der Waals surface area (Å²) in [4.78, 5) is 38.6. The zero-order valence-corrected chi connectivity index (χ0v) is 18.5. The van der Waals surface area contributed by atoms with E-state index in [9.17, 15) is 19.5 Å². The van der Waals surface area contributed by atoms with E-state index in [1.54, 1.807) is 66.7 Å². The minimum absolute atomic E-state index is 0.0490. The van der Waals surface area contributed by atoms with E-state index in [-0.39, 0.29) is 24.3 Å². The first kappa shape index (κ1) is 22.8. The van der Waals surface area contributed by atoms with Gasteiger partial charge in [-0.3, -0.25) is 9.59 Å². The fraction of sp³-hybridized carbons (Fsp3) is 0.192. The molecule has 2 aliphatic rings. The van der Waals surface area contributed by atoms with Crippen LogP contribution in [0.2, 0.25) is 0 Å². The molecule has 3 N–H and O–H groups in total. The lowest BCUT2D eigenvalue weighted by atomic mass is 10.0. The highest BCUT2D eigenvalue weighted by molar-refractivity contribution is 5.92. The maximum Gasteiger partial charge on any atom is 0.328 e. The Bertz CT molecular complexity index is 1190. The number of fused-ring (bicyclic) bond motifs is 9. The van der Waals surface area contributed by atoms with Crippen molar-refractivity contribution >= 4 is 17.8 Å². The summed E-state index contributed by atoms with van der Waals surface area (Å²) in [5.41, 5.74) is 1.92. The molecule has 0 unspecified atom stereocenters. The van der Waals surface area contributed by atoms with Gasteiger partial charge in [0, 0.05) is 6.42 Å². The Hall–Kier alpha value is -4.33. The van der Waals surface area contributed by atoms with Crippen LogP contribution in [0.25, 0.3) is 0 Å². The number of carbonyl (C=O) groups excluding carboxylic acids is 3. The predicted molar refractivity (Wildman–Crippen MR) is 123 cm³/mol. The van der Waals surface area contributed by atoms with E-state index in [2.05, 4.69) is 10.6 Å². The van der Waals surface area contributed by atoms with Crippen LogP contribution in [-0.2, 0) is 32.0 Å². The number of rotatable bonds is 2. The molecule has 0 radical (unpaired) electrons. The lowest BCUT2D eigenvalue weighted by Gasteiger charge is -2.23. The van der Waals surface area contributed by atoms with E-state index in [0.717, 1.165) is 5.56 Å². The van der Waals surface area contributed by atoms with Gasteiger partial charge < -0.3 is 25.2 Å². The molecule has 2 aliphatic heterocycles. The molecule has 2 atom stereocenters. The van der Waals surface area contributed by atoms with E-state index in [1.807, 2.05) is 0 Å². The molecule has 3 aromatic rings. The quantitative estimate of drug-likeness (QED) is 0.507. The van der Waals surface area contributed by atoms with Crippen molar-refractivity contribution in [2.75, 3.05) is 7.11 Å². The van der Waals surface area contributed by atoms with Crippen molar-refractivity contribution in [3.8, 4) is 17.2 Å². The summed E-state index contributed by atoms with van der Waals surface area (Å²) in [6.07, 6.45) is 0.126. The summed E-state index contributed by atoms with van der Waals surface area (Å²) in [5, 5.41) is 15.7. The first-order chi connectivity index (χ1) is 16.4. The number of benzene rings is 3. The summed E-state index contributed by atoms with van der Waals surface area (Å²) < 4.78 is 10.7. The number of nitrogens with one attached hydrogen (secondary N) is 2. The molecule has 8 heteroatoms. The number of hydrogen-bond donors (Lipinski definition) is 3. The van der Waals surface area contributed by atoms with Crippen molar-refractivity contribution in [3.63, 3.8) is 0 Å². The average molecular weight is 460 g/mol. The third-order valence-electron chi connectivity index (χ3n) is 5.48. The van der Waals surface area contributed by atoms with Crippen molar-refractivity contribution in [3.05, 3.63) is 89.5 Å². The van der Waals surface area contributed by atoms with Crippen LogP contribution in [0.5, 0.6) is 17.2 Å². The SMILES string of the molecule is COC(=O)[C@@H]1Cc2ccc(cc2)Oc2cc(ccc2O)CC(=O)N[C@H](c2ccccc2)C(=O)N1. The van der Waals surface area contributed by atoms with E-state index in [4.69, 9.17) is 9.47 Å². The van der Waals surface area contributed by atoms with E-state index in [0.29, 0.717) is 16.9 Å². The fourth-order valence-corrected chi connectivity index (χ4v) is 3.74. The van der Waals surface area contributed by atoms with Crippen molar-refractivity contribution < 1.29 is 29.0 Å². The number of amides is 2. The topological polar surface area (TPSA) is 114 Å². The summed E-state index contributed by atoms with van der Waals surface area (Å²) in [6.45, 7) is 0. The van der Waals surface area contributed by atoms with Gasteiger partial charge in [-0.2, -0.15) is 0 Å². The predicted octanol–water partition coefficient (Wildman–Crippen LogP) is 2.80. The van der Waals surface area contributed by atoms with Gasteiger partial charge in [0.05, 0.1) is 13.5 Å². The van der Waals surface area contributed by atoms with Crippen LogP contribution in [-0.4, -0.2) is 36.0 Å². The fourth-order valence-electron chi connectivity index (χ4n) is 3.74. The molecular weight excluding hydrogens is 436 g/mol. The lowest BCUT2D eigenvalue weighted by molar-refractivity contribution is -0.145. The third kappa shape index (κ3) is 5.35. The van der Waals surface area contributed by atoms with Crippen molar-refractivity contribution in [1.29, 1.82) is 0 Å². The molecule has 8 nitrogen and oxygen atoms in total. The number of hydrogen-bond acceptors (Lipinski definition) is 6. The van der Waals surface area contributed by atoms with Gasteiger partial charge in [-0.1, -0.05) is 48.5 Å². The molecule has 5 rings (SSSR count). The van der Waals surface area contributed by atoms with Crippen LogP contribution >= 0.6 is 0 Å². The van der Waals surface area contributed by atoms with Crippen molar-refractivity contribution in [2.45, 2.75) is 24.9 Å². The second-order valence-electron chi connectivity index (χ2n) is 7.92. The zero-order chi connectivity index (χ0) is 24.1. The molecule has 0 fully saturated rings. The molecule has 0 saturated carbocycles. The Morgan fingerprint density at radius 3 is 2.38 bits per heavy atom. The molecule has 174 valence electrons. The Morgan fingerprint density at radius 2 is 1.68 bits per heavy atom. The van der Waals surface area contributed by atoms with Crippen LogP contribution in [0.1, 0.15) is 22.7 Å². The number of aromatic hydroxyl groups is 1. The van der Waals surface area contributed by atoms with Crippen LogP contribution in [0.3, 0.4) is 0 Å². The highest BCUT2D eigenvalue weighted by atomic mass is 16.5. The van der Waals surface area contributed by atoms with Crippen LogP contribution < -0.4 is 15.4 Å². The van der Waals surface area contributed by atoms with Crippen LogP contribution in [0.15, 0.2) is 72.8 Å². The van der Waals surface area contributed by atoms with Crippen molar-refractivity contribution in [2.24, 2.45) is 0 Å². The highest BCUT2D eigenvalue weighted by Gasteiger charge is 2.29. The summed E-state index contributed by atoms with van der Waals surface area (Å²) in [7, 11) is 1.25. The minimum Gasteiger partial charge on any atom is -0.504 e. The number of phenolic OH excluding ortho intramolecular Hbond substituents is 1. The Labute approximate surface area is 196 Å². The Balaban J connectivity index is 1.74. The van der Waals surface area contributed by atoms with Gasteiger partial charge in [-0.15, -0.1) is 0 Å². The van der Waals surface area contributed by atoms with E-state index >= 15 is 0 Å². The second kappa shape index (κ2) is 10.1. The molecule has 4 bridgehead atoms. The number of phenols is 1. The van der Waals surface area contributed by atoms with E-state index in [1.165, 1.54) is 13.2 Å². The summed E-state index contributed by atoms with van der Waals surface area (Å²) >= 11 is 0. The molecule has 0 aliphatic carbocycles. The molecule has 0 saturated heterocycles. The van der Waals surface area contributed by atoms with Gasteiger partial charge in [0.1, 0.15) is 17.8 Å². The standard InChI is InChI=1S/C26H24N2O6/c1-33-26(32)20-13-16-7-10-19(11-8-16)34-22-14-17(9-12-21(22)29)15-23(30)28-24(25(31)27-20)18-5-3-2-4-6-18/h2-12,14,20,24,29H,13,15H2,1H3,(H,27,31)(H,28,30)/t20-,24+/m0/s1. The zero-order valence-electron chi connectivity index (χ0n) is 18.5. The van der Waals surface area contributed by atoms with E-state index < -0.39 is 29.9 Å². The number of methoxy groups -OCH3 is 1. The maximum atomic E-state index is 13.3. The first-order valence-electron chi connectivity index (χ1n) is 10.7. The average Bonchev–Trinajstić information content (AvgIpc) is 2.84. The molecule has 3 aromatic carbocycles. The number of ether oxygens (including phenoxy) is 2. The monoisotopic (exact) mass is 460 g/mol. The molecule has 34 heavy (non-hydrogen) atoms. The summed E-state index contributed by atoms with van der Waals surface area (Å²) in [6, 6.07) is 18.4. The largest absolute Gasteiger partial charge is 0.504 e. The van der Waals surface area contributed by atoms with Crippen LogP contribution in [0, 0.1) is 0 Å².